The van der Waals surface area contributed by atoms with Crippen LogP contribution in [0, 0.1) is 5.92 Å². The Bertz CT molecular complexity index is 394. The molecule has 0 atom stereocenters. The second kappa shape index (κ2) is 5.85. The molecule has 0 radical (unpaired) electrons. The molecule has 3 N–H and O–H groups in total. The van der Waals surface area contributed by atoms with Gasteiger partial charge in [0.1, 0.15) is 5.82 Å². The van der Waals surface area contributed by atoms with Gasteiger partial charge in [-0.3, -0.25) is 4.79 Å². The van der Waals surface area contributed by atoms with Crippen molar-refractivity contribution in [3.05, 3.63) is 23.9 Å². The third-order valence-corrected chi connectivity index (χ3v) is 3.82. The molecule has 0 aliphatic heterocycles. The first-order valence-corrected chi connectivity index (χ1v) is 6.71. The van der Waals surface area contributed by atoms with Gasteiger partial charge >= 0.3 is 0 Å². The number of hydrogen-bond donors (Lipinski definition) is 2. The maximum atomic E-state index is 10.9. The van der Waals surface area contributed by atoms with Crippen LogP contribution >= 0.6 is 0 Å². The maximum absolute atomic E-state index is 10.9. The van der Waals surface area contributed by atoms with Crippen molar-refractivity contribution in [2.75, 3.05) is 5.32 Å². The van der Waals surface area contributed by atoms with Gasteiger partial charge in [0.15, 0.2) is 0 Å². The van der Waals surface area contributed by atoms with Crippen LogP contribution in [0.5, 0.6) is 0 Å². The first-order valence-electron chi connectivity index (χ1n) is 6.71. The minimum Gasteiger partial charge on any atom is -0.367 e. The fraction of sp³-hybridized carbons (Fsp3) is 0.571. The van der Waals surface area contributed by atoms with Crippen LogP contribution in [0.1, 0.15) is 49.4 Å². The van der Waals surface area contributed by atoms with Gasteiger partial charge in [0.05, 0.1) is 5.56 Å². The predicted octanol–water partition coefficient (Wildman–Crippen LogP) is 2.56. The van der Waals surface area contributed by atoms with Crippen molar-refractivity contribution in [3.63, 3.8) is 0 Å². The van der Waals surface area contributed by atoms with E-state index in [-0.39, 0.29) is 0 Å². The molecule has 4 nitrogen and oxygen atoms in total. The van der Waals surface area contributed by atoms with Crippen LogP contribution in [0.2, 0.25) is 0 Å². The molecule has 1 aromatic rings. The van der Waals surface area contributed by atoms with Gasteiger partial charge in [0, 0.05) is 12.2 Å². The number of carbonyl (C=O) groups is 1. The summed E-state index contributed by atoms with van der Waals surface area (Å²) >= 11 is 0. The van der Waals surface area contributed by atoms with Gasteiger partial charge in [0.25, 0.3) is 0 Å². The number of nitrogens with zero attached hydrogens (tertiary/aromatic N) is 1. The Kier molecular flexibility index (Phi) is 4.18. The molecule has 1 fully saturated rings. The van der Waals surface area contributed by atoms with Crippen molar-refractivity contribution in [3.8, 4) is 0 Å². The Morgan fingerprint density at radius 1 is 1.39 bits per heavy atom. The smallest absolute Gasteiger partial charge is 0.250 e. The van der Waals surface area contributed by atoms with E-state index >= 15 is 0 Å². The van der Waals surface area contributed by atoms with E-state index in [1.165, 1.54) is 38.3 Å². The molecule has 4 heteroatoms. The Morgan fingerprint density at radius 3 is 2.61 bits per heavy atom. The molecule has 0 unspecified atom stereocenters. The van der Waals surface area contributed by atoms with Crippen molar-refractivity contribution < 1.29 is 4.79 Å². The minimum atomic E-state index is -0.433. The summed E-state index contributed by atoms with van der Waals surface area (Å²) in [6, 6.07) is 4.06. The Balaban J connectivity index is 1.88. The molecular formula is C14H21N3O. The molecule has 1 aliphatic carbocycles. The normalized spacial score (nSPS) is 23.6. The number of aromatic nitrogens is 1. The minimum absolute atomic E-state index is 0.433. The lowest BCUT2D eigenvalue weighted by Gasteiger charge is -2.28. The SMILES string of the molecule is CCC1CCC(Nc2ccc(C(N)=O)cn2)CC1. The molecule has 1 aliphatic rings. The zero-order chi connectivity index (χ0) is 13.0. The molecule has 0 aromatic carbocycles. The third-order valence-electron chi connectivity index (χ3n) is 3.82. The summed E-state index contributed by atoms with van der Waals surface area (Å²) in [4.78, 5) is 15.2. The van der Waals surface area contributed by atoms with Crippen LogP contribution in [0.3, 0.4) is 0 Å². The zero-order valence-electron chi connectivity index (χ0n) is 10.9. The summed E-state index contributed by atoms with van der Waals surface area (Å²) < 4.78 is 0. The van der Waals surface area contributed by atoms with Crippen LogP contribution in [-0.4, -0.2) is 16.9 Å². The topological polar surface area (TPSA) is 68.0 Å². The third kappa shape index (κ3) is 3.22. The van der Waals surface area contributed by atoms with E-state index in [2.05, 4.69) is 17.2 Å². The molecule has 2 rings (SSSR count). The number of hydrogen-bond acceptors (Lipinski definition) is 3. The van der Waals surface area contributed by atoms with Gasteiger partial charge < -0.3 is 11.1 Å². The van der Waals surface area contributed by atoms with Gasteiger partial charge in [-0.05, 0) is 43.7 Å². The highest BCUT2D eigenvalue weighted by Gasteiger charge is 2.19. The number of pyridine rings is 1. The molecule has 1 aromatic heterocycles. The van der Waals surface area contributed by atoms with Crippen molar-refractivity contribution >= 4 is 11.7 Å². The lowest BCUT2D eigenvalue weighted by molar-refractivity contribution is 0.1000. The van der Waals surface area contributed by atoms with E-state index in [0.29, 0.717) is 11.6 Å². The second-order valence-corrected chi connectivity index (χ2v) is 5.07. The zero-order valence-corrected chi connectivity index (χ0v) is 10.9. The first-order chi connectivity index (χ1) is 8.69. The molecule has 98 valence electrons. The van der Waals surface area contributed by atoms with Gasteiger partial charge in [-0.15, -0.1) is 0 Å². The summed E-state index contributed by atoms with van der Waals surface area (Å²) in [6.07, 6.45) is 7.83. The molecule has 0 spiro atoms. The monoisotopic (exact) mass is 247 g/mol. The van der Waals surface area contributed by atoms with Gasteiger partial charge in [-0.2, -0.15) is 0 Å². The van der Waals surface area contributed by atoms with Gasteiger partial charge in [0.2, 0.25) is 5.91 Å². The Morgan fingerprint density at radius 2 is 2.11 bits per heavy atom. The quantitative estimate of drug-likeness (QED) is 0.859. The van der Waals surface area contributed by atoms with E-state index in [4.69, 9.17) is 5.73 Å². The largest absolute Gasteiger partial charge is 0.367 e. The van der Waals surface area contributed by atoms with Crippen LogP contribution < -0.4 is 11.1 Å². The number of anilines is 1. The summed E-state index contributed by atoms with van der Waals surface area (Å²) in [7, 11) is 0. The molecule has 1 amide bonds. The van der Waals surface area contributed by atoms with Crippen LogP contribution in [0.4, 0.5) is 5.82 Å². The Labute approximate surface area is 108 Å². The average Bonchev–Trinajstić information content (AvgIpc) is 2.40. The van der Waals surface area contributed by atoms with E-state index < -0.39 is 5.91 Å². The van der Waals surface area contributed by atoms with Crippen molar-refractivity contribution in [2.24, 2.45) is 11.7 Å². The fourth-order valence-corrected chi connectivity index (χ4v) is 2.55. The summed E-state index contributed by atoms with van der Waals surface area (Å²) in [5, 5.41) is 3.43. The highest BCUT2D eigenvalue weighted by molar-refractivity contribution is 5.92. The highest BCUT2D eigenvalue weighted by Crippen LogP contribution is 2.28. The lowest BCUT2D eigenvalue weighted by Crippen LogP contribution is -2.26. The number of rotatable bonds is 4. The van der Waals surface area contributed by atoms with Crippen LogP contribution in [-0.2, 0) is 0 Å². The summed E-state index contributed by atoms with van der Waals surface area (Å²) in [5.41, 5.74) is 5.63. The average molecular weight is 247 g/mol. The number of primary amides is 1. The van der Waals surface area contributed by atoms with Gasteiger partial charge in [-0.25, -0.2) is 4.98 Å². The molecule has 0 bridgehead atoms. The number of amides is 1. The summed E-state index contributed by atoms with van der Waals surface area (Å²) in [6.45, 7) is 2.27. The van der Waals surface area contributed by atoms with Gasteiger partial charge in [-0.1, -0.05) is 13.3 Å². The molecular weight excluding hydrogens is 226 g/mol. The molecule has 0 saturated heterocycles. The predicted molar refractivity (Wildman–Crippen MR) is 72.4 cm³/mol. The number of nitrogens with two attached hydrogens (primary N) is 1. The molecule has 1 saturated carbocycles. The fourth-order valence-electron chi connectivity index (χ4n) is 2.55. The van der Waals surface area contributed by atoms with Crippen molar-refractivity contribution in [1.82, 2.24) is 4.98 Å². The van der Waals surface area contributed by atoms with E-state index in [1.807, 2.05) is 6.07 Å². The van der Waals surface area contributed by atoms with E-state index in [1.54, 1.807) is 6.07 Å². The molecule has 1 heterocycles. The molecule has 18 heavy (non-hydrogen) atoms. The standard InChI is InChI=1S/C14H21N3O/c1-2-10-3-6-12(7-4-10)17-13-8-5-11(9-16-13)14(15)18/h5,8-10,12H,2-4,6-7H2,1H3,(H2,15,18)(H,16,17). The van der Waals surface area contributed by atoms with E-state index in [9.17, 15) is 4.79 Å². The second-order valence-electron chi connectivity index (χ2n) is 5.07. The van der Waals surface area contributed by atoms with Crippen molar-refractivity contribution in [2.45, 2.75) is 45.1 Å². The number of nitrogens with one attached hydrogen (secondary N) is 1. The Hall–Kier alpha value is -1.58. The van der Waals surface area contributed by atoms with E-state index in [0.717, 1.165) is 11.7 Å². The van der Waals surface area contributed by atoms with Crippen LogP contribution in [0.25, 0.3) is 0 Å². The number of carbonyl (C=O) groups excluding carboxylic acids is 1. The van der Waals surface area contributed by atoms with Crippen molar-refractivity contribution in [1.29, 1.82) is 0 Å². The highest BCUT2D eigenvalue weighted by atomic mass is 16.1. The first kappa shape index (κ1) is 12.9. The lowest BCUT2D eigenvalue weighted by atomic mass is 9.84. The maximum Gasteiger partial charge on any atom is 0.250 e. The summed E-state index contributed by atoms with van der Waals surface area (Å²) in [5.74, 6) is 1.30. The van der Waals surface area contributed by atoms with Crippen LogP contribution in [0.15, 0.2) is 18.3 Å².